The Balaban J connectivity index is 2.13. The van der Waals surface area contributed by atoms with Crippen LogP contribution in [0, 0.1) is 6.92 Å². The van der Waals surface area contributed by atoms with Crippen molar-refractivity contribution in [1.29, 1.82) is 0 Å². The zero-order valence-corrected chi connectivity index (χ0v) is 13.5. The van der Waals surface area contributed by atoms with Crippen LogP contribution in [0.5, 0.6) is 0 Å². The molecule has 0 amide bonds. The van der Waals surface area contributed by atoms with Gasteiger partial charge in [-0.2, -0.15) is 0 Å². The molecule has 4 N–H and O–H groups in total. The second-order valence-corrected chi connectivity index (χ2v) is 7.79. The third kappa shape index (κ3) is 4.01. The maximum Gasteiger partial charge on any atom is 0.244 e. The lowest BCUT2D eigenvalue weighted by molar-refractivity contribution is 0.560. The van der Waals surface area contributed by atoms with Gasteiger partial charge in [0.15, 0.2) is 5.82 Å². The van der Waals surface area contributed by atoms with E-state index in [1.165, 1.54) is 17.1 Å². The molecule has 2 heterocycles. The van der Waals surface area contributed by atoms with Crippen LogP contribution in [0.3, 0.4) is 0 Å². The fourth-order valence-electron chi connectivity index (χ4n) is 1.98. The number of anilines is 1. The van der Waals surface area contributed by atoms with Gasteiger partial charge in [-0.1, -0.05) is 0 Å². The lowest BCUT2D eigenvalue weighted by Gasteiger charge is -2.15. The van der Waals surface area contributed by atoms with Gasteiger partial charge < -0.3 is 5.43 Å². The van der Waals surface area contributed by atoms with Crippen molar-refractivity contribution in [1.82, 2.24) is 9.71 Å². The average Bonchev–Trinajstić information content (AvgIpc) is 2.83. The molecule has 8 heteroatoms. The van der Waals surface area contributed by atoms with Crippen LogP contribution in [0.4, 0.5) is 5.82 Å². The molecule has 2 rings (SSSR count). The van der Waals surface area contributed by atoms with Gasteiger partial charge in [0.2, 0.25) is 10.0 Å². The first kappa shape index (κ1) is 15.9. The van der Waals surface area contributed by atoms with Gasteiger partial charge in [0.05, 0.1) is 0 Å². The summed E-state index contributed by atoms with van der Waals surface area (Å²) in [4.78, 5) is 6.30. The van der Waals surface area contributed by atoms with Crippen molar-refractivity contribution in [2.24, 2.45) is 5.84 Å². The maximum absolute atomic E-state index is 12.4. The molecular formula is C13H18N4O2S2. The quantitative estimate of drug-likeness (QED) is 0.554. The number of sulfonamides is 1. The number of nitrogens with zero attached hydrogens (tertiary/aromatic N) is 1. The lowest BCUT2D eigenvalue weighted by atomic mass is 10.2. The van der Waals surface area contributed by atoms with Gasteiger partial charge in [0, 0.05) is 22.0 Å². The van der Waals surface area contributed by atoms with Crippen molar-refractivity contribution in [3.05, 3.63) is 40.2 Å². The monoisotopic (exact) mass is 326 g/mol. The molecule has 0 fully saturated rings. The van der Waals surface area contributed by atoms with Crippen molar-refractivity contribution >= 4 is 27.2 Å². The highest BCUT2D eigenvalue weighted by atomic mass is 32.2. The predicted octanol–water partition coefficient (Wildman–Crippen LogP) is 1.65. The average molecular weight is 326 g/mol. The molecule has 2 aromatic heterocycles. The van der Waals surface area contributed by atoms with Gasteiger partial charge in [-0.05, 0) is 44.5 Å². The lowest BCUT2D eigenvalue weighted by Crippen LogP contribution is -2.34. The fraction of sp³-hybridized carbons (Fsp3) is 0.308. The van der Waals surface area contributed by atoms with E-state index in [1.54, 1.807) is 17.4 Å². The summed E-state index contributed by atoms with van der Waals surface area (Å²) in [6.45, 7) is 3.86. The van der Waals surface area contributed by atoms with Crippen LogP contribution in [0.2, 0.25) is 0 Å². The predicted molar refractivity (Wildman–Crippen MR) is 84.6 cm³/mol. The Bertz CT molecular complexity index is 712. The topological polar surface area (TPSA) is 97.1 Å². The van der Waals surface area contributed by atoms with E-state index >= 15 is 0 Å². The first-order valence-corrected chi connectivity index (χ1v) is 8.71. The van der Waals surface area contributed by atoms with Crippen LogP contribution in [0.1, 0.15) is 16.7 Å². The van der Waals surface area contributed by atoms with Gasteiger partial charge in [-0.15, -0.1) is 11.3 Å². The standard InChI is InChI=1S/C13H18N4O2S2/c1-9(8-11-6-5-10(2)20-11)17-21(18,19)12-4-3-7-15-13(12)16-14/h3-7,9,17H,8,14H2,1-2H3,(H,15,16). The van der Waals surface area contributed by atoms with E-state index in [0.29, 0.717) is 6.42 Å². The minimum Gasteiger partial charge on any atom is -0.307 e. The third-order valence-electron chi connectivity index (χ3n) is 2.86. The molecule has 0 bridgehead atoms. The number of aromatic nitrogens is 1. The Morgan fingerprint density at radius 3 is 2.76 bits per heavy atom. The summed E-state index contributed by atoms with van der Waals surface area (Å²) in [7, 11) is -3.67. The van der Waals surface area contributed by atoms with Crippen LogP contribution >= 0.6 is 11.3 Å². The van der Waals surface area contributed by atoms with E-state index in [9.17, 15) is 8.42 Å². The fourth-order valence-corrected chi connectivity index (χ4v) is 4.37. The number of hydrogen-bond acceptors (Lipinski definition) is 6. The Labute approximate surface area is 128 Å². The van der Waals surface area contributed by atoms with Gasteiger partial charge in [0.25, 0.3) is 0 Å². The van der Waals surface area contributed by atoms with Crippen molar-refractivity contribution in [2.45, 2.75) is 31.2 Å². The number of nitrogen functional groups attached to an aromatic ring is 1. The maximum atomic E-state index is 12.4. The van der Waals surface area contributed by atoms with E-state index in [0.717, 1.165) is 4.88 Å². The second kappa shape index (κ2) is 6.52. The van der Waals surface area contributed by atoms with E-state index < -0.39 is 10.0 Å². The minimum absolute atomic E-state index is 0.0433. The summed E-state index contributed by atoms with van der Waals surface area (Å²) in [5.41, 5.74) is 2.30. The van der Waals surface area contributed by atoms with Crippen LogP contribution in [0.15, 0.2) is 35.4 Å². The summed E-state index contributed by atoms with van der Waals surface area (Å²) < 4.78 is 27.4. The molecule has 1 atom stereocenters. The molecule has 1 unspecified atom stereocenters. The highest BCUT2D eigenvalue weighted by molar-refractivity contribution is 7.89. The summed E-state index contributed by atoms with van der Waals surface area (Å²) in [6.07, 6.45) is 2.12. The SMILES string of the molecule is Cc1ccc(CC(C)NS(=O)(=O)c2cccnc2NN)s1. The van der Waals surface area contributed by atoms with Crippen molar-refractivity contribution in [3.8, 4) is 0 Å². The largest absolute Gasteiger partial charge is 0.307 e. The van der Waals surface area contributed by atoms with Gasteiger partial charge >= 0.3 is 0 Å². The molecular weight excluding hydrogens is 308 g/mol. The van der Waals surface area contributed by atoms with Gasteiger partial charge in [-0.3, -0.25) is 0 Å². The summed E-state index contributed by atoms with van der Waals surface area (Å²) in [6, 6.07) is 6.84. The summed E-state index contributed by atoms with van der Waals surface area (Å²) in [5.74, 6) is 5.43. The Morgan fingerprint density at radius 2 is 2.14 bits per heavy atom. The number of hydrogen-bond donors (Lipinski definition) is 3. The van der Waals surface area contributed by atoms with E-state index in [1.807, 2.05) is 26.0 Å². The molecule has 0 saturated carbocycles. The Kier molecular flexibility index (Phi) is 4.94. The molecule has 21 heavy (non-hydrogen) atoms. The highest BCUT2D eigenvalue weighted by Crippen LogP contribution is 2.19. The van der Waals surface area contributed by atoms with Crippen molar-refractivity contribution in [3.63, 3.8) is 0 Å². The molecule has 0 aliphatic heterocycles. The number of hydrazine groups is 1. The number of thiophene rings is 1. The van der Waals surface area contributed by atoms with Gasteiger partial charge in [0.1, 0.15) is 4.90 Å². The Morgan fingerprint density at radius 1 is 1.38 bits per heavy atom. The highest BCUT2D eigenvalue weighted by Gasteiger charge is 2.21. The molecule has 0 aliphatic rings. The molecule has 6 nitrogen and oxygen atoms in total. The van der Waals surface area contributed by atoms with E-state index in [-0.39, 0.29) is 16.8 Å². The third-order valence-corrected chi connectivity index (χ3v) is 5.50. The second-order valence-electron chi connectivity index (χ2n) is 4.73. The van der Waals surface area contributed by atoms with Crippen LogP contribution in [-0.4, -0.2) is 19.4 Å². The van der Waals surface area contributed by atoms with Crippen LogP contribution < -0.4 is 16.0 Å². The van der Waals surface area contributed by atoms with Gasteiger partial charge in [-0.25, -0.2) is 24.0 Å². The normalized spacial score (nSPS) is 13.1. The number of rotatable bonds is 6. The number of pyridine rings is 1. The summed E-state index contributed by atoms with van der Waals surface area (Å²) in [5, 5.41) is 0. The molecule has 0 aromatic carbocycles. The molecule has 0 aliphatic carbocycles. The van der Waals surface area contributed by atoms with E-state index in [4.69, 9.17) is 5.84 Å². The number of aryl methyl sites for hydroxylation is 1. The smallest absolute Gasteiger partial charge is 0.244 e. The molecule has 0 saturated heterocycles. The molecule has 0 radical (unpaired) electrons. The minimum atomic E-state index is -3.67. The number of nitrogens with one attached hydrogen (secondary N) is 2. The first-order chi connectivity index (χ1) is 9.92. The molecule has 114 valence electrons. The van der Waals surface area contributed by atoms with Crippen molar-refractivity contribution in [2.75, 3.05) is 5.43 Å². The number of nitrogens with two attached hydrogens (primary N) is 1. The first-order valence-electron chi connectivity index (χ1n) is 6.41. The zero-order chi connectivity index (χ0) is 15.5. The van der Waals surface area contributed by atoms with Crippen LogP contribution in [-0.2, 0) is 16.4 Å². The molecule has 2 aromatic rings. The van der Waals surface area contributed by atoms with Crippen LogP contribution in [0.25, 0.3) is 0 Å². The summed E-state index contributed by atoms with van der Waals surface area (Å²) >= 11 is 1.67. The Hall–Kier alpha value is -1.48. The molecule has 0 spiro atoms. The zero-order valence-electron chi connectivity index (χ0n) is 11.8. The van der Waals surface area contributed by atoms with Crippen molar-refractivity contribution < 1.29 is 8.42 Å². The van der Waals surface area contributed by atoms with E-state index in [2.05, 4.69) is 15.1 Å².